The highest BCUT2D eigenvalue weighted by Crippen LogP contribution is 2.29. The number of hydrogen-bond donors (Lipinski definition) is 0. The van der Waals surface area contributed by atoms with Crippen LogP contribution in [0, 0.1) is 0 Å². The molecule has 2 heterocycles. The molecule has 0 spiro atoms. The highest BCUT2D eigenvalue weighted by Gasteiger charge is 2.22. The SMILES string of the molecule is CN1CCC[C@H]1c1ccc(Br)nc1. The molecular formula is C10H13BrN2. The molecule has 1 fully saturated rings. The van der Waals surface area contributed by atoms with Gasteiger partial charge >= 0.3 is 0 Å². The molecular weight excluding hydrogens is 228 g/mol. The summed E-state index contributed by atoms with van der Waals surface area (Å²) in [4.78, 5) is 6.64. The molecule has 1 aromatic rings. The number of likely N-dealkylation sites (tertiary alicyclic amines) is 1. The molecule has 2 nitrogen and oxygen atoms in total. The van der Waals surface area contributed by atoms with Crippen molar-refractivity contribution in [3.05, 3.63) is 28.5 Å². The molecule has 0 aromatic carbocycles. The third kappa shape index (κ3) is 1.92. The monoisotopic (exact) mass is 240 g/mol. The molecule has 3 heteroatoms. The maximum atomic E-state index is 4.25. The first-order chi connectivity index (χ1) is 6.27. The van der Waals surface area contributed by atoms with Crippen LogP contribution in [0.5, 0.6) is 0 Å². The van der Waals surface area contributed by atoms with Crippen LogP contribution in [-0.4, -0.2) is 23.5 Å². The van der Waals surface area contributed by atoms with E-state index in [0.717, 1.165) is 4.60 Å². The van der Waals surface area contributed by atoms with Gasteiger partial charge in [0.2, 0.25) is 0 Å². The molecule has 0 N–H and O–H groups in total. The standard InChI is InChI=1S/C10H13BrN2/c1-13-6-2-3-9(13)8-4-5-10(11)12-7-8/h4-5,7,9H,2-3,6H2,1H3/t9-/m0/s1. The van der Waals surface area contributed by atoms with E-state index in [2.05, 4.69) is 38.9 Å². The molecule has 13 heavy (non-hydrogen) atoms. The molecule has 0 bridgehead atoms. The molecule has 1 aliphatic rings. The zero-order valence-corrected chi connectivity index (χ0v) is 9.29. The molecule has 0 unspecified atom stereocenters. The van der Waals surface area contributed by atoms with Crippen molar-refractivity contribution < 1.29 is 0 Å². The Kier molecular flexibility index (Phi) is 2.65. The second-order valence-electron chi connectivity index (χ2n) is 3.55. The molecule has 1 aromatic heterocycles. The lowest BCUT2D eigenvalue weighted by Crippen LogP contribution is -2.17. The van der Waals surface area contributed by atoms with Crippen molar-refractivity contribution in [2.45, 2.75) is 18.9 Å². The van der Waals surface area contributed by atoms with Gasteiger partial charge in [-0.3, -0.25) is 4.90 Å². The summed E-state index contributed by atoms with van der Waals surface area (Å²) in [6.07, 6.45) is 4.54. The zero-order valence-electron chi connectivity index (χ0n) is 7.70. The van der Waals surface area contributed by atoms with Crippen molar-refractivity contribution in [1.29, 1.82) is 0 Å². The molecule has 1 aliphatic heterocycles. The van der Waals surface area contributed by atoms with E-state index in [1.54, 1.807) is 0 Å². The predicted molar refractivity (Wildman–Crippen MR) is 56.5 cm³/mol. The van der Waals surface area contributed by atoms with Crippen LogP contribution in [0.1, 0.15) is 24.4 Å². The van der Waals surface area contributed by atoms with E-state index in [0.29, 0.717) is 6.04 Å². The Labute approximate surface area is 87.1 Å². The molecule has 0 aliphatic carbocycles. The summed E-state index contributed by atoms with van der Waals surface area (Å²) >= 11 is 3.34. The molecule has 0 amide bonds. The summed E-state index contributed by atoms with van der Waals surface area (Å²) in [5, 5.41) is 0. The van der Waals surface area contributed by atoms with Gasteiger partial charge in [0.1, 0.15) is 4.60 Å². The van der Waals surface area contributed by atoms with Gasteiger partial charge in [-0.05, 0) is 54.0 Å². The topological polar surface area (TPSA) is 16.1 Å². The Morgan fingerprint density at radius 2 is 2.38 bits per heavy atom. The van der Waals surface area contributed by atoms with Crippen LogP contribution >= 0.6 is 15.9 Å². The number of hydrogen-bond acceptors (Lipinski definition) is 2. The lowest BCUT2D eigenvalue weighted by Gasteiger charge is -2.19. The normalized spacial score (nSPS) is 23.7. The lowest BCUT2D eigenvalue weighted by molar-refractivity contribution is 0.317. The first kappa shape index (κ1) is 9.16. The second-order valence-corrected chi connectivity index (χ2v) is 4.37. The van der Waals surface area contributed by atoms with Crippen molar-refractivity contribution in [1.82, 2.24) is 9.88 Å². The molecule has 1 saturated heterocycles. The van der Waals surface area contributed by atoms with Crippen LogP contribution in [0.2, 0.25) is 0 Å². The largest absolute Gasteiger partial charge is 0.299 e. The highest BCUT2D eigenvalue weighted by atomic mass is 79.9. The van der Waals surface area contributed by atoms with Gasteiger partial charge in [-0.2, -0.15) is 0 Å². The third-order valence-corrected chi connectivity index (χ3v) is 3.12. The molecule has 1 atom stereocenters. The summed E-state index contributed by atoms with van der Waals surface area (Å²) in [6, 6.07) is 4.76. The van der Waals surface area contributed by atoms with Crippen molar-refractivity contribution in [2.24, 2.45) is 0 Å². The van der Waals surface area contributed by atoms with Crippen LogP contribution in [0.25, 0.3) is 0 Å². The zero-order chi connectivity index (χ0) is 9.26. The van der Waals surface area contributed by atoms with Crippen molar-refractivity contribution in [3.8, 4) is 0 Å². The number of nitrogens with zero attached hydrogens (tertiary/aromatic N) is 2. The Bertz CT molecular complexity index is 283. The molecule has 0 radical (unpaired) electrons. The van der Waals surface area contributed by atoms with Gasteiger partial charge in [0.25, 0.3) is 0 Å². The number of rotatable bonds is 1. The first-order valence-corrected chi connectivity index (χ1v) is 5.38. The van der Waals surface area contributed by atoms with Crippen LogP contribution in [0.15, 0.2) is 22.9 Å². The Morgan fingerprint density at radius 1 is 1.54 bits per heavy atom. The minimum atomic E-state index is 0.584. The van der Waals surface area contributed by atoms with Gasteiger partial charge in [-0.1, -0.05) is 6.07 Å². The maximum absolute atomic E-state index is 4.25. The van der Waals surface area contributed by atoms with Crippen molar-refractivity contribution in [3.63, 3.8) is 0 Å². The Hall–Kier alpha value is -0.410. The third-order valence-electron chi connectivity index (χ3n) is 2.66. The average molecular weight is 241 g/mol. The van der Waals surface area contributed by atoms with Gasteiger partial charge in [0.15, 0.2) is 0 Å². The van der Waals surface area contributed by atoms with E-state index in [1.807, 2.05) is 12.3 Å². The number of halogens is 1. The minimum Gasteiger partial charge on any atom is -0.299 e. The van der Waals surface area contributed by atoms with Gasteiger partial charge in [0, 0.05) is 12.2 Å². The predicted octanol–water partition coefficient (Wildman–Crippen LogP) is 2.61. The van der Waals surface area contributed by atoms with Crippen LogP contribution < -0.4 is 0 Å². The van der Waals surface area contributed by atoms with E-state index in [1.165, 1.54) is 24.9 Å². The average Bonchev–Trinajstić information content (AvgIpc) is 2.53. The minimum absolute atomic E-state index is 0.584. The van der Waals surface area contributed by atoms with Crippen LogP contribution in [0.3, 0.4) is 0 Å². The van der Waals surface area contributed by atoms with Gasteiger partial charge in [-0.25, -0.2) is 4.98 Å². The fourth-order valence-corrected chi connectivity index (χ4v) is 2.15. The molecule has 70 valence electrons. The second kappa shape index (κ2) is 3.76. The van der Waals surface area contributed by atoms with E-state index >= 15 is 0 Å². The van der Waals surface area contributed by atoms with Gasteiger partial charge in [-0.15, -0.1) is 0 Å². The van der Waals surface area contributed by atoms with Gasteiger partial charge in [0.05, 0.1) is 0 Å². The highest BCUT2D eigenvalue weighted by molar-refractivity contribution is 9.10. The lowest BCUT2D eigenvalue weighted by atomic mass is 10.1. The summed E-state index contributed by atoms with van der Waals surface area (Å²) in [7, 11) is 2.18. The molecule has 2 rings (SSSR count). The van der Waals surface area contributed by atoms with Crippen molar-refractivity contribution in [2.75, 3.05) is 13.6 Å². The smallest absolute Gasteiger partial charge is 0.106 e. The first-order valence-electron chi connectivity index (χ1n) is 4.59. The quantitative estimate of drug-likeness (QED) is 0.702. The van der Waals surface area contributed by atoms with Crippen molar-refractivity contribution >= 4 is 15.9 Å². The van der Waals surface area contributed by atoms with E-state index < -0.39 is 0 Å². The summed E-state index contributed by atoms with van der Waals surface area (Å²) in [5.74, 6) is 0. The number of pyridine rings is 1. The van der Waals surface area contributed by atoms with E-state index in [4.69, 9.17) is 0 Å². The van der Waals surface area contributed by atoms with Crippen LogP contribution in [0.4, 0.5) is 0 Å². The summed E-state index contributed by atoms with van der Waals surface area (Å²) < 4.78 is 0.914. The van der Waals surface area contributed by atoms with E-state index in [-0.39, 0.29) is 0 Å². The van der Waals surface area contributed by atoms with E-state index in [9.17, 15) is 0 Å². The fraction of sp³-hybridized carbons (Fsp3) is 0.500. The Morgan fingerprint density at radius 3 is 2.92 bits per heavy atom. The maximum Gasteiger partial charge on any atom is 0.106 e. The Balaban J connectivity index is 2.20. The number of aromatic nitrogens is 1. The summed E-state index contributed by atoms with van der Waals surface area (Å²) in [5.41, 5.74) is 1.34. The van der Waals surface area contributed by atoms with Gasteiger partial charge < -0.3 is 0 Å². The molecule has 0 saturated carbocycles. The van der Waals surface area contributed by atoms with Crippen LogP contribution in [-0.2, 0) is 0 Å². The fourth-order valence-electron chi connectivity index (χ4n) is 1.92. The summed E-state index contributed by atoms with van der Waals surface area (Å²) in [6.45, 7) is 1.21.